The van der Waals surface area contributed by atoms with E-state index in [9.17, 15) is 23.1 Å². The molecule has 3 rings (SSSR count). The highest BCUT2D eigenvalue weighted by atomic mass is 19.4. The lowest BCUT2D eigenvalue weighted by molar-refractivity contribution is -0.137. The Balaban J connectivity index is 1.66. The predicted molar refractivity (Wildman–Crippen MR) is 103 cm³/mol. The maximum absolute atomic E-state index is 12.8. The van der Waals surface area contributed by atoms with Crippen LogP contribution in [0, 0.1) is 0 Å². The molecule has 0 unspecified atom stereocenters. The van der Waals surface area contributed by atoms with E-state index >= 15 is 0 Å². The first-order valence-electron chi connectivity index (χ1n) is 10.0. The fourth-order valence-electron chi connectivity index (χ4n) is 4.32. The monoisotopic (exact) mass is 414 g/mol. The number of hydrogen-bond acceptors (Lipinski definition) is 4. The number of phenolic OH excluding ortho intramolecular Hbond substituents is 1. The number of halogens is 3. The fraction of sp³-hybridized carbons (Fsp3) is 0.667. The number of rotatable bonds is 2. The van der Waals surface area contributed by atoms with Crippen molar-refractivity contribution < 1.29 is 27.8 Å². The summed E-state index contributed by atoms with van der Waals surface area (Å²) in [6.07, 6.45) is -1.23. The van der Waals surface area contributed by atoms with Crippen LogP contribution in [-0.4, -0.2) is 51.8 Å². The molecule has 162 valence electrons. The van der Waals surface area contributed by atoms with Gasteiger partial charge in [-0.05, 0) is 65.1 Å². The molecule has 2 saturated heterocycles. The third kappa shape index (κ3) is 4.97. The molecule has 0 atom stereocenters. The number of phenols is 1. The van der Waals surface area contributed by atoms with E-state index in [0.29, 0.717) is 25.2 Å². The summed E-state index contributed by atoms with van der Waals surface area (Å²) >= 11 is 0. The maximum Gasteiger partial charge on any atom is 0.416 e. The Hall–Kier alpha value is -1.96. The molecule has 0 saturated carbocycles. The quantitative estimate of drug-likeness (QED) is 0.757. The third-order valence-corrected chi connectivity index (χ3v) is 5.86. The number of benzene rings is 1. The number of nitrogens with zero attached hydrogens (tertiary/aromatic N) is 2. The van der Waals surface area contributed by atoms with Crippen LogP contribution in [-0.2, 0) is 17.5 Å². The molecule has 29 heavy (non-hydrogen) atoms. The zero-order valence-electron chi connectivity index (χ0n) is 17.2. The van der Waals surface area contributed by atoms with Gasteiger partial charge in [-0.15, -0.1) is 0 Å². The van der Waals surface area contributed by atoms with Gasteiger partial charge in [0.15, 0.2) is 0 Å². The van der Waals surface area contributed by atoms with Crippen molar-refractivity contribution in [2.45, 2.75) is 70.3 Å². The normalized spacial score (nSPS) is 20.3. The Labute approximate surface area is 169 Å². The number of amides is 1. The van der Waals surface area contributed by atoms with Crippen molar-refractivity contribution in [3.63, 3.8) is 0 Å². The number of likely N-dealkylation sites (tertiary alicyclic amines) is 2. The van der Waals surface area contributed by atoms with E-state index in [4.69, 9.17) is 4.74 Å². The van der Waals surface area contributed by atoms with Gasteiger partial charge < -0.3 is 14.7 Å². The molecule has 1 spiro atoms. The van der Waals surface area contributed by atoms with Gasteiger partial charge in [-0.1, -0.05) is 6.07 Å². The van der Waals surface area contributed by atoms with Gasteiger partial charge in [0.2, 0.25) is 0 Å². The van der Waals surface area contributed by atoms with Crippen molar-refractivity contribution >= 4 is 6.09 Å². The Kier molecular flexibility index (Phi) is 5.77. The summed E-state index contributed by atoms with van der Waals surface area (Å²) in [7, 11) is 0. The van der Waals surface area contributed by atoms with Crippen LogP contribution < -0.4 is 0 Å². The van der Waals surface area contributed by atoms with Gasteiger partial charge in [0, 0.05) is 30.7 Å². The lowest BCUT2D eigenvalue weighted by atomic mass is 9.85. The van der Waals surface area contributed by atoms with E-state index < -0.39 is 17.3 Å². The molecule has 2 aliphatic heterocycles. The molecule has 0 aromatic heterocycles. The van der Waals surface area contributed by atoms with Crippen LogP contribution in [0.3, 0.4) is 0 Å². The van der Waals surface area contributed by atoms with Crippen LogP contribution in [0.1, 0.15) is 57.6 Å². The lowest BCUT2D eigenvalue weighted by Crippen LogP contribution is -2.53. The molecule has 0 bridgehead atoms. The average molecular weight is 414 g/mol. The summed E-state index contributed by atoms with van der Waals surface area (Å²) in [5, 5.41) is 10.1. The standard InChI is InChI=1S/C21H29F3N2O3/c1-19(2,3)29-18(28)25-11-8-20(9-12-25)7-4-10-26(20)14-15-5-6-16(13-17(15)27)21(22,23)24/h5-6,13,27H,4,7-12,14H2,1-3H3. The molecular weight excluding hydrogens is 385 g/mol. The smallest absolute Gasteiger partial charge is 0.416 e. The highest BCUT2D eigenvalue weighted by molar-refractivity contribution is 5.68. The SMILES string of the molecule is CC(C)(C)OC(=O)N1CCC2(CCCN2Cc2ccc(C(F)(F)F)cc2O)CC1. The average Bonchev–Trinajstić information content (AvgIpc) is 2.97. The van der Waals surface area contributed by atoms with E-state index in [1.807, 2.05) is 20.8 Å². The summed E-state index contributed by atoms with van der Waals surface area (Å²) in [6.45, 7) is 7.92. The first kappa shape index (κ1) is 21.7. The molecule has 0 aliphatic carbocycles. The number of ether oxygens (including phenoxy) is 1. The summed E-state index contributed by atoms with van der Waals surface area (Å²) in [6, 6.07) is 3.17. The Morgan fingerprint density at radius 1 is 1.14 bits per heavy atom. The minimum atomic E-state index is -4.47. The van der Waals surface area contributed by atoms with Crippen LogP contribution in [0.4, 0.5) is 18.0 Å². The number of aromatic hydroxyl groups is 1. The second-order valence-electron chi connectivity index (χ2n) is 9.06. The molecule has 0 radical (unpaired) electrons. The number of carbonyl (C=O) groups excluding carboxylic acids is 1. The van der Waals surface area contributed by atoms with Gasteiger partial charge in [0.1, 0.15) is 11.4 Å². The second kappa shape index (κ2) is 7.70. The number of piperidine rings is 1. The van der Waals surface area contributed by atoms with Crippen LogP contribution in [0.25, 0.3) is 0 Å². The minimum absolute atomic E-state index is 0.0896. The number of carbonyl (C=O) groups is 1. The highest BCUT2D eigenvalue weighted by Gasteiger charge is 2.44. The van der Waals surface area contributed by atoms with Crippen LogP contribution in [0.2, 0.25) is 0 Å². The van der Waals surface area contributed by atoms with Gasteiger partial charge in [0.05, 0.1) is 5.56 Å². The zero-order chi connectivity index (χ0) is 21.4. The van der Waals surface area contributed by atoms with Crippen molar-refractivity contribution in [1.82, 2.24) is 9.80 Å². The van der Waals surface area contributed by atoms with Crippen molar-refractivity contribution in [1.29, 1.82) is 0 Å². The third-order valence-electron chi connectivity index (χ3n) is 5.86. The molecular formula is C21H29F3N2O3. The van der Waals surface area contributed by atoms with E-state index in [0.717, 1.165) is 44.4 Å². The van der Waals surface area contributed by atoms with Crippen molar-refractivity contribution in [2.75, 3.05) is 19.6 Å². The molecule has 1 N–H and O–H groups in total. The van der Waals surface area contributed by atoms with Gasteiger partial charge in [-0.2, -0.15) is 13.2 Å². The molecule has 1 aromatic rings. The zero-order valence-corrected chi connectivity index (χ0v) is 17.2. The molecule has 8 heteroatoms. The van der Waals surface area contributed by atoms with Crippen molar-refractivity contribution in [3.05, 3.63) is 29.3 Å². The maximum atomic E-state index is 12.8. The Bertz CT molecular complexity index is 751. The highest BCUT2D eigenvalue weighted by Crippen LogP contribution is 2.41. The first-order chi connectivity index (χ1) is 13.4. The summed E-state index contributed by atoms with van der Waals surface area (Å²) in [5.41, 5.74) is -0.978. The minimum Gasteiger partial charge on any atom is -0.508 e. The summed E-state index contributed by atoms with van der Waals surface area (Å²) in [4.78, 5) is 16.3. The van der Waals surface area contributed by atoms with E-state index in [-0.39, 0.29) is 17.4 Å². The first-order valence-corrected chi connectivity index (χ1v) is 10.0. The van der Waals surface area contributed by atoms with E-state index in [1.54, 1.807) is 4.90 Å². The predicted octanol–water partition coefficient (Wildman–Crippen LogP) is 4.78. The largest absolute Gasteiger partial charge is 0.508 e. The summed E-state index contributed by atoms with van der Waals surface area (Å²) < 4.78 is 43.9. The molecule has 1 amide bonds. The van der Waals surface area contributed by atoms with Crippen LogP contribution in [0.5, 0.6) is 5.75 Å². The van der Waals surface area contributed by atoms with Gasteiger partial charge >= 0.3 is 12.3 Å². The molecule has 2 aliphatic rings. The van der Waals surface area contributed by atoms with Crippen molar-refractivity contribution in [3.8, 4) is 5.75 Å². The van der Waals surface area contributed by atoms with E-state index in [1.165, 1.54) is 6.07 Å². The van der Waals surface area contributed by atoms with E-state index in [2.05, 4.69) is 4.90 Å². The second-order valence-corrected chi connectivity index (χ2v) is 9.06. The molecule has 5 nitrogen and oxygen atoms in total. The van der Waals surface area contributed by atoms with Gasteiger partial charge in [-0.25, -0.2) is 4.79 Å². The van der Waals surface area contributed by atoms with Crippen LogP contribution in [0.15, 0.2) is 18.2 Å². The Morgan fingerprint density at radius 3 is 2.34 bits per heavy atom. The topological polar surface area (TPSA) is 53.0 Å². The Morgan fingerprint density at radius 2 is 1.79 bits per heavy atom. The molecule has 2 fully saturated rings. The van der Waals surface area contributed by atoms with Crippen LogP contribution >= 0.6 is 0 Å². The van der Waals surface area contributed by atoms with Gasteiger partial charge in [0.25, 0.3) is 0 Å². The summed E-state index contributed by atoms with van der Waals surface area (Å²) in [5.74, 6) is -0.326. The fourth-order valence-corrected chi connectivity index (χ4v) is 4.32. The molecule has 2 heterocycles. The number of hydrogen-bond donors (Lipinski definition) is 1. The molecule has 1 aromatic carbocycles. The lowest BCUT2D eigenvalue weighted by Gasteiger charge is -2.45. The van der Waals surface area contributed by atoms with Gasteiger partial charge in [-0.3, -0.25) is 4.90 Å². The van der Waals surface area contributed by atoms with Crippen molar-refractivity contribution in [2.24, 2.45) is 0 Å². The number of alkyl halides is 3.